The molecule has 4 heteroatoms. The fourth-order valence-electron chi connectivity index (χ4n) is 1.41. The van der Waals surface area contributed by atoms with Crippen molar-refractivity contribution in [1.82, 2.24) is 0 Å². The fraction of sp³-hybridized carbons (Fsp3) is 0.667. The van der Waals surface area contributed by atoms with Crippen molar-refractivity contribution in [3.8, 4) is 12.3 Å². The van der Waals surface area contributed by atoms with Gasteiger partial charge in [-0.25, -0.2) is 4.79 Å². The summed E-state index contributed by atoms with van der Waals surface area (Å²) in [6.07, 6.45) is 6.83. The van der Waals surface area contributed by atoms with Crippen molar-refractivity contribution in [2.24, 2.45) is 0 Å². The number of hydrogen-bond donors (Lipinski definition) is 0. The van der Waals surface area contributed by atoms with Gasteiger partial charge in [0.05, 0.1) is 13.2 Å². The van der Waals surface area contributed by atoms with E-state index >= 15 is 0 Å². The van der Waals surface area contributed by atoms with E-state index in [1.54, 1.807) is 0 Å². The largest absolute Gasteiger partial charge is 0.446 e. The van der Waals surface area contributed by atoms with Gasteiger partial charge in [0.25, 0.3) is 0 Å². The van der Waals surface area contributed by atoms with Crippen molar-refractivity contribution in [3.05, 3.63) is 0 Å². The standard InChI is InChI=1S/C9H11ClO3/c1-2-3-9(13-8(10)11)4-6-12-7-5-9/h1H,3-7H2. The molecule has 0 saturated carbocycles. The van der Waals surface area contributed by atoms with Gasteiger partial charge in [-0.15, -0.1) is 12.3 Å². The van der Waals surface area contributed by atoms with Crippen molar-refractivity contribution in [3.63, 3.8) is 0 Å². The van der Waals surface area contributed by atoms with Crippen molar-refractivity contribution in [1.29, 1.82) is 0 Å². The predicted molar refractivity (Wildman–Crippen MR) is 48.6 cm³/mol. The van der Waals surface area contributed by atoms with Crippen LogP contribution in [-0.2, 0) is 9.47 Å². The number of ether oxygens (including phenoxy) is 2. The van der Waals surface area contributed by atoms with Crippen LogP contribution in [0.1, 0.15) is 19.3 Å². The van der Waals surface area contributed by atoms with Gasteiger partial charge in [0.1, 0.15) is 5.60 Å². The van der Waals surface area contributed by atoms with Crippen LogP contribution < -0.4 is 0 Å². The summed E-state index contributed by atoms with van der Waals surface area (Å²) in [5.41, 5.74) is -1.39. The third-order valence-corrected chi connectivity index (χ3v) is 2.20. The van der Waals surface area contributed by atoms with E-state index in [1.807, 2.05) is 0 Å². The van der Waals surface area contributed by atoms with E-state index in [4.69, 9.17) is 27.5 Å². The van der Waals surface area contributed by atoms with Crippen molar-refractivity contribution < 1.29 is 14.3 Å². The van der Waals surface area contributed by atoms with Crippen molar-refractivity contribution in [2.45, 2.75) is 24.9 Å². The van der Waals surface area contributed by atoms with Gasteiger partial charge in [-0.1, -0.05) is 0 Å². The van der Waals surface area contributed by atoms with E-state index in [0.29, 0.717) is 32.5 Å². The predicted octanol–water partition coefficient (Wildman–Crippen LogP) is 1.93. The summed E-state index contributed by atoms with van der Waals surface area (Å²) in [6, 6.07) is 0. The molecule has 0 atom stereocenters. The molecule has 0 aliphatic carbocycles. The maximum atomic E-state index is 10.6. The third kappa shape index (κ3) is 2.91. The van der Waals surface area contributed by atoms with Crippen molar-refractivity contribution >= 4 is 17.0 Å². The average Bonchev–Trinajstić information content (AvgIpc) is 2.04. The first kappa shape index (κ1) is 10.4. The molecule has 0 aromatic rings. The van der Waals surface area contributed by atoms with E-state index in [2.05, 4.69) is 5.92 Å². The number of terminal acetylenes is 1. The van der Waals surface area contributed by atoms with Gasteiger partial charge in [0.15, 0.2) is 0 Å². The summed E-state index contributed by atoms with van der Waals surface area (Å²) in [7, 11) is 0. The Morgan fingerprint density at radius 2 is 2.23 bits per heavy atom. The molecule has 1 aliphatic heterocycles. The van der Waals surface area contributed by atoms with Crippen LogP contribution in [0.4, 0.5) is 4.79 Å². The zero-order valence-electron chi connectivity index (χ0n) is 7.22. The highest BCUT2D eigenvalue weighted by atomic mass is 35.5. The van der Waals surface area contributed by atoms with E-state index in [1.165, 1.54) is 0 Å². The third-order valence-electron chi connectivity index (χ3n) is 2.13. The molecule has 72 valence electrons. The minimum absolute atomic E-state index is 0.398. The molecule has 1 fully saturated rings. The summed E-state index contributed by atoms with van der Waals surface area (Å²) in [6.45, 7) is 1.12. The van der Waals surface area contributed by atoms with Crippen LogP contribution in [0.25, 0.3) is 0 Å². The molecule has 1 saturated heterocycles. The highest BCUT2D eigenvalue weighted by molar-refractivity contribution is 6.61. The second kappa shape index (κ2) is 4.50. The van der Waals surface area contributed by atoms with Gasteiger partial charge in [0, 0.05) is 30.9 Å². The van der Waals surface area contributed by atoms with Gasteiger partial charge < -0.3 is 9.47 Å². The SMILES string of the molecule is C#CCC1(OC(=O)Cl)CCOCC1. The molecule has 0 N–H and O–H groups in total. The van der Waals surface area contributed by atoms with E-state index < -0.39 is 11.0 Å². The molecule has 0 bridgehead atoms. The molecule has 1 rings (SSSR count). The Morgan fingerprint density at radius 1 is 1.62 bits per heavy atom. The summed E-state index contributed by atoms with van der Waals surface area (Å²) < 4.78 is 10.2. The van der Waals surface area contributed by atoms with Crippen LogP contribution in [-0.4, -0.2) is 24.2 Å². The summed E-state index contributed by atoms with van der Waals surface area (Å²) in [4.78, 5) is 10.6. The Hall–Kier alpha value is -0.720. The smallest absolute Gasteiger partial charge is 0.404 e. The lowest BCUT2D eigenvalue weighted by molar-refractivity contribution is -0.0601. The number of carbonyl (C=O) groups is 1. The monoisotopic (exact) mass is 202 g/mol. The number of carbonyl (C=O) groups excluding carboxylic acids is 1. The number of rotatable bonds is 2. The first-order valence-corrected chi connectivity index (χ1v) is 4.46. The molecule has 0 unspecified atom stereocenters. The summed E-state index contributed by atoms with van der Waals surface area (Å²) in [5, 5.41) is 0. The lowest BCUT2D eigenvalue weighted by Gasteiger charge is -2.34. The molecule has 0 amide bonds. The number of halogens is 1. The zero-order valence-corrected chi connectivity index (χ0v) is 7.97. The van der Waals surface area contributed by atoms with Crippen LogP contribution in [0, 0.1) is 12.3 Å². The lowest BCUT2D eigenvalue weighted by Crippen LogP contribution is -2.39. The van der Waals surface area contributed by atoms with Gasteiger partial charge >= 0.3 is 5.43 Å². The van der Waals surface area contributed by atoms with E-state index in [9.17, 15) is 4.79 Å². The quantitative estimate of drug-likeness (QED) is 0.507. The molecule has 1 aliphatic rings. The second-order valence-electron chi connectivity index (χ2n) is 3.02. The molecule has 1 heterocycles. The first-order chi connectivity index (χ1) is 6.18. The topological polar surface area (TPSA) is 35.5 Å². The molecule has 3 nitrogen and oxygen atoms in total. The Kier molecular flexibility index (Phi) is 3.58. The maximum Gasteiger partial charge on any atom is 0.404 e. The molecular formula is C9H11ClO3. The van der Waals surface area contributed by atoms with Gasteiger partial charge in [-0.3, -0.25) is 0 Å². The molecule has 0 aromatic carbocycles. The second-order valence-corrected chi connectivity index (χ2v) is 3.32. The Morgan fingerprint density at radius 3 is 2.69 bits per heavy atom. The molecule has 0 aromatic heterocycles. The van der Waals surface area contributed by atoms with Crippen LogP contribution in [0.15, 0.2) is 0 Å². The van der Waals surface area contributed by atoms with Gasteiger partial charge in [-0.2, -0.15) is 0 Å². The first-order valence-electron chi connectivity index (χ1n) is 4.08. The maximum absolute atomic E-state index is 10.6. The van der Waals surface area contributed by atoms with Gasteiger partial charge in [0.2, 0.25) is 0 Å². The van der Waals surface area contributed by atoms with Crippen LogP contribution in [0.5, 0.6) is 0 Å². The van der Waals surface area contributed by atoms with E-state index in [-0.39, 0.29) is 0 Å². The number of hydrogen-bond acceptors (Lipinski definition) is 3. The normalized spacial score (nSPS) is 20.3. The Labute approximate surface area is 82.3 Å². The molecule has 13 heavy (non-hydrogen) atoms. The van der Waals surface area contributed by atoms with E-state index in [0.717, 1.165) is 0 Å². The zero-order chi connectivity index (χ0) is 9.73. The highest BCUT2D eigenvalue weighted by Crippen LogP contribution is 2.29. The molecule has 0 spiro atoms. The minimum atomic E-state index is -0.794. The molecule has 0 radical (unpaired) electrons. The average molecular weight is 203 g/mol. The lowest BCUT2D eigenvalue weighted by atomic mass is 9.91. The highest BCUT2D eigenvalue weighted by Gasteiger charge is 2.35. The summed E-state index contributed by atoms with van der Waals surface area (Å²) >= 11 is 5.17. The van der Waals surface area contributed by atoms with Crippen LogP contribution in [0.3, 0.4) is 0 Å². The summed E-state index contributed by atoms with van der Waals surface area (Å²) in [5.74, 6) is 2.49. The van der Waals surface area contributed by atoms with Gasteiger partial charge in [-0.05, 0) is 0 Å². The Bertz CT molecular complexity index is 226. The molecular weight excluding hydrogens is 192 g/mol. The van der Waals surface area contributed by atoms with Crippen LogP contribution >= 0.6 is 11.6 Å². The Balaban J connectivity index is 2.62. The fourth-order valence-corrected chi connectivity index (χ4v) is 1.58. The minimum Gasteiger partial charge on any atom is -0.446 e. The van der Waals surface area contributed by atoms with Crippen molar-refractivity contribution in [2.75, 3.05) is 13.2 Å². The van der Waals surface area contributed by atoms with Crippen LogP contribution in [0.2, 0.25) is 0 Å².